The van der Waals surface area contributed by atoms with Gasteiger partial charge in [0.1, 0.15) is 12.0 Å². The van der Waals surface area contributed by atoms with Crippen molar-refractivity contribution in [3.05, 3.63) is 42.2 Å². The molecule has 8 nitrogen and oxygen atoms in total. The molecule has 0 bridgehead atoms. The van der Waals surface area contributed by atoms with Gasteiger partial charge in [-0.1, -0.05) is 38.1 Å². The number of para-hydroxylation sites is 2. The molecule has 1 fully saturated rings. The number of carbonyl (C=O) groups is 1. The Morgan fingerprint density at radius 1 is 1.20 bits per heavy atom. The SMILES string of the molecule is CC[C@H]1c2c(-c3noc(C(C)C)n3)ncn2-c2ccccc2N1C(=O)N1CCCC1. The number of nitrogens with zero attached hydrogens (tertiary/aromatic N) is 6. The number of hydrogen-bond acceptors (Lipinski definition) is 5. The normalized spacial score (nSPS) is 18.1. The average Bonchev–Trinajstić information content (AvgIpc) is 3.52. The summed E-state index contributed by atoms with van der Waals surface area (Å²) >= 11 is 0. The van der Waals surface area contributed by atoms with Crippen LogP contribution in [0.5, 0.6) is 0 Å². The van der Waals surface area contributed by atoms with E-state index in [0.29, 0.717) is 17.4 Å². The van der Waals surface area contributed by atoms with E-state index in [2.05, 4.69) is 26.6 Å². The first-order chi connectivity index (χ1) is 14.6. The first-order valence-electron chi connectivity index (χ1n) is 10.7. The number of fused-ring (bicyclic) bond motifs is 3. The fraction of sp³-hybridized carbons (Fsp3) is 0.455. The number of imidazole rings is 1. The number of hydrogen-bond donors (Lipinski definition) is 0. The molecule has 2 aromatic heterocycles. The van der Waals surface area contributed by atoms with E-state index in [1.807, 2.05) is 47.9 Å². The molecule has 1 saturated heterocycles. The predicted octanol–water partition coefficient (Wildman–Crippen LogP) is 4.53. The van der Waals surface area contributed by atoms with Crippen molar-refractivity contribution in [2.75, 3.05) is 18.0 Å². The Labute approximate surface area is 175 Å². The van der Waals surface area contributed by atoms with Crippen molar-refractivity contribution in [3.63, 3.8) is 0 Å². The van der Waals surface area contributed by atoms with Crippen LogP contribution in [0.4, 0.5) is 10.5 Å². The fourth-order valence-corrected chi connectivity index (χ4v) is 4.44. The number of rotatable bonds is 3. The quantitative estimate of drug-likeness (QED) is 0.638. The summed E-state index contributed by atoms with van der Waals surface area (Å²) in [5, 5.41) is 4.18. The van der Waals surface area contributed by atoms with Crippen LogP contribution in [0.3, 0.4) is 0 Å². The smallest absolute Gasteiger partial charge is 0.325 e. The summed E-state index contributed by atoms with van der Waals surface area (Å²) in [5.41, 5.74) is 3.45. The Morgan fingerprint density at radius 2 is 1.93 bits per heavy atom. The minimum Gasteiger partial charge on any atom is -0.339 e. The minimum atomic E-state index is -0.161. The zero-order chi connectivity index (χ0) is 20.8. The Morgan fingerprint density at radius 3 is 2.60 bits per heavy atom. The van der Waals surface area contributed by atoms with Gasteiger partial charge in [-0.25, -0.2) is 9.78 Å². The lowest BCUT2D eigenvalue weighted by Gasteiger charge is -2.39. The number of likely N-dealkylation sites (tertiary alicyclic amines) is 1. The van der Waals surface area contributed by atoms with Crippen LogP contribution in [-0.2, 0) is 0 Å². The van der Waals surface area contributed by atoms with Crippen molar-refractivity contribution in [3.8, 4) is 17.2 Å². The topological polar surface area (TPSA) is 80.3 Å². The number of amides is 2. The molecular formula is C22H26N6O2. The van der Waals surface area contributed by atoms with Crippen molar-refractivity contribution < 1.29 is 9.32 Å². The van der Waals surface area contributed by atoms with Crippen LogP contribution < -0.4 is 4.90 Å². The van der Waals surface area contributed by atoms with Gasteiger partial charge in [-0.15, -0.1) is 0 Å². The van der Waals surface area contributed by atoms with Crippen LogP contribution in [-0.4, -0.2) is 43.7 Å². The summed E-state index contributed by atoms with van der Waals surface area (Å²) in [6, 6.07) is 7.90. The fourth-order valence-electron chi connectivity index (χ4n) is 4.44. The zero-order valence-corrected chi connectivity index (χ0v) is 17.6. The van der Waals surface area contributed by atoms with Crippen LogP contribution in [0.25, 0.3) is 17.2 Å². The maximum Gasteiger partial charge on any atom is 0.325 e. The first-order valence-corrected chi connectivity index (χ1v) is 10.7. The van der Waals surface area contributed by atoms with Crippen LogP contribution in [0.2, 0.25) is 0 Å². The lowest BCUT2D eigenvalue weighted by atomic mass is 10.0. The molecule has 8 heteroatoms. The molecule has 30 heavy (non-hydrogen) atoms. The van der Waals surface area contributed by atoms with Crippen LogP contribution >= 0.6 is 0 Å². The number of urea groups is 1. The van der Waals surface area contributed by atoms with E-state index in [4.69, 9.17) is 4.52 Å². The third kappa shape index (κ3) is 2.81. The first kappa shape index (κ1) is 18.8. The Hall–Kier alpha value is -3.16. The van der Waals surface area contributed by atoms with Gasteiger partial charge in [0.25, 0.3) is 0 Å². The highest BCUT2D eigenvalue weighted by Gasteiger charge is 2.39. The molecule has 0 saturated carbocycles. The highest BCUT2D eigenvalue weighted by molar-refractivity contribution is 5.96. The van der Waals surface area contributed by atoms with Gasteiger partial charge in [0.15, 0.2) is 0 Å². The molecule has 0 spiro atoms. The number of aromatic nitrogens is 4. The molecule has 5 rings (SSSR count). The van der Waals surface area contributed by atoms with Crippen molar-refractivity contribution >= 4 is 11.7 Å². The third-order valence-electron chi connectivity index (χ3n) is 5.95. The van der Waals surface area contributed by atoms with Crippen LogP contribution in [0, 0.1) is 0 Å². The molecule has 0 unspecified atom stereocenters. The summed E-state index contributed by atoms with van der Waals surface area (Å²) in [4.78, 5) is 26.7. The maximum atomic E-state index is 13.6. The van der Waals surface area contributed by atoms with Crippen molar-refractivity contribution in [2.24, 2.45) is 0 Å². The van der Waals surface area contributed by atoms with Gasteiger partial charge in [0.2, 0.25) is 11.7 Å². The minimum absolute atomic E-state index is 0.0566. The maximum absolute atomic E-state index is 13.6. The van der Waals surface area contributed by atoms with E-state index in [1.165, 1.54) is 0 Å². The number of anilines is 1. The van der Waals surface area contributed by atoms with E-state index < -0.39 is 0 Å². The highest BCUT2D eigenvalue weighted by atomic mass is 16.5. The van der Waals surface area contributed by atoms with E-state index >= 15 is 0 Å². The molecule has 4 heterocycles. The Balaban J connectivity index is 1.66. The molecule has 1 atom stereocenters. The highest BCUT2D eigenvalue weighted by Crippen LogP contribution is 2.44. The third-order valence-corrected chi connectivity index (χ3v) is 5.95. The van der Waals surface area contributed by atoms with Gasteiger partial charge < -0.3 is 9.42 Å². The monoisotopic (exact) mass is 406 g/mol. The lowest BCUT2D eigenvalue weighted by molar-refractivity contribution is 0.212. The molecule has 0 radical (unpaired) electrons. The number of carbonyl (C=O) groups excluding carboxylic acids is 1. The molecule has 2 amide bonds. The van der Waals surface area contributed by atoms with E-state index in [9.17, 15) is 4.79 Å². The molecule has 2 aliphatic rings. The summed E-state index contributed by atoms with van der Waals surface area (Å²) in [6.07, 6.45) is 4.67. The van der Waals surface area contributed by atoms with Crippen LogP contribution in [0.15, 0.2) is 35.1 Å². The van der Waals surface area contributed by atoms with Gasteiger partial charge in [-0.2, -0.15) is 4.98 Å². The second-order valence-corrected chi connectivity index (χ2v) is 8.22. The van der Waals surface area contributed by atoms with Crippen molar-refractivity contribution in [1.82, 2.24) is 24.6 Å². The summed E-state index contributed by atoms with van der Waals surface area (Å²) in [5.74, 6) is 1.19. The Kier molecular flexibility index (Phi) is 4.56. The summed E-state index contributed by atoms with van der Waals surface area (Å²) < 4.78 is 7.50. The number of benzene rings is 1. The second kappa shape index (κ2) is 7.27. The largest absolute Gasteiger partial charge is 0.339 e. The standard InChI is InChI=1S/C22H26N6O2/c1-4-15-19-18(20-24-21(14(2)3)30-25-20)23-13-27(19)16-9-5-6-10-17(16)28(15)22(29)26-11-7-8-12-26/h5-6,9-10,13-15H,4,7-8,11-12H2,1-3H3/t15-/m0/s1. The second-order valence-electron chi connectivity index (χ2n) is 8.22. The average molecular weight is 406 g/mol. The van der Waals surface area contributed by atoms with Gasteiger partial charge in [0, 0.05) is 19.0 Å². The molecule has 3 aromatic rings. The van der Waals surface area contributed by atoms with Crippen molar-refractivity contribution in [1.29, 1.82) is 0 Å². The summed E-state index contributed by atoms with van der Waals surface area (Å²) in [6.45, 7) is 7.74. The van der Waals surface area contributed by atoms with E-state index in [-0.39, 0.29) is 18.0 Å². The lowest BCUT2D eigenvalue weighted by Crippen LogP contribution is -2.46. The molecule has 156 valence electrons. The zero-order valence-electron chi connectivity index (χ0n) is 17.6. The summed E-state index contributed by atoms with van der Waals surface area (Å²) in [7, 11) is 0. The predicted molar refractivity (Wildman–Crippen MR) is 113 cm³/mol. The molecule has 0 aliphatic carbocycles. The molecule has 1 aromatic carbocycles. The van der Waals surface area contributed by atoms with Gasteiger partial charge in [-0.05, 0) is 31.4 Å². The molecular weight excluding hydrogens is 380 g/mol. The van der Waals surface area contributed by atoms with Crippen LogP contribution in [0.1, 0.15) is 63.6 Å². The van der Waals surface area contributed by atoms with Gasteiger partial charge >= 0.3 is 6.03 Å². The van der Waals surface area contributed by atoms with E-state index in [0.717, 1.165) is 49.4 Å². The van der Waals surface area contributed by atoms with Gasteiger partial charge in [-0.3, -0.25) is 9.47 Å². The van der Waals surface area contributed by atoms with Crippen molar-refractivity contribution in [2.45, 2.75) is 52.0 Å². The Bertz CT molecular complexity index is 1080. The van der Waals surface area contributed by atoms with E-state index in [1.54, 1.807) is 6.33 Å². The van der Waals surface area contributed by atoms with Gasteiger partial charge in [0.05, 0.1) is 23.1 Å². The molecule has 0 N–H and O–H groups in total. The molecule has 2 aliphatic heterocycles.